The molecule has 1 atom stereocenters. The van der Waals surface area contributed by atoms with Crippen LogP contribution in [0.5, 0.6) is 11.5 Å². The molecule has 0 aromatic heterocycles. The van der Waals surface area contributed by atoms with E-state index in [1.807, 2.05) is 30.3 Å². The number of halogens is 1. The Morgan fingerprint density at radius 1 is 1.07 bits per heavy atom. The Bertz CT molecular complexity index is 888. The van der Waals surface area contributed by atoms with E-state index in [1.54, 1.807) is 11.8 Å². The average Bonchev–Trinajstić information content (AvgIpc) is 2.74. The second-order valence-electron chi connectivity index (χ2n) is 6.99. The van der Waals surface area contributed by atoms with E-state index < -0.39 is 11.9 Å². The van der Waals surface area contributed by atoms with Crippen LogP contribution in [0.15, 0.2) is 42.5 Å². The molecule has 1 saturated heterocycles. The number of piperazine rings is 1. The van der Waals surface area contributed by atoms with Crippen molar-refractivity contribution < 1.29 is 23.5 Å². The summed E-state index contributed by atoms with van der Waals surface area (Å²) >= 11 is 0. The highest BCUT2D eigenvalue weighted by Gasteiger charge is 2.36. The second-order valence-corrected chi connectivity index (χ2v) is 6.99. The molecule has 0 aliphatic carbocycles. The standard InChI is InChI=1S/C22H25FN2O4/c1-15-22(27)24(10-9-16-7-5-4-6-8-16)14-21(26)25(15)13-17-11-19(28-2)20(29-3)12-18(17)23/h4-8,11-12,15H,9-10,13-14H2,1-3H3/t15-/m0/s1. The number of carbonyl (C=O) groups is 2. The third-order valence-electron chi connectivity index (χ3n) is 5.19. The molecule has 1 aliphatic heterocycles. The molecule has 1 fully saturated rings. The molecule has 154 valence electrons. The van der Waals surface area contributed by atoms with E-state index in [0.717, 1.165) is 5.56 Å². The second kappa shape index (κ2) is 8.94. The SMILES string of the molecule is COc1cc(F)c(CN2C(=O)CN(CCc3ccccc3)C(=O)[C@@H]2C)cc1OC. The molecule has 0 N–H and O–H groups in total. The van der Waals surface area contributed by atoms with Crippen LogP contribution in [0.3, 0.4) is 0 Å². The van der Waals surface area contributed by atoms with Crippen molar-refractivity contribution >= 4 is 11.8 Å². The zero-order valence-electron chi connectivity index (χ0n) is 16.9. The topological polar surface area (TPSA) is 59.1 Å². The Morgan fingerprint density at radius 3 is 2.38 bits per heavy atom. The van der Waals surface area contributed by atoms with Crippen molar-refractivity contribution in [3.05, 3.63) is 59.4 Å². The van der Waals surface area contributed by atoms with Gasteiger partial charge in [0, 0.05) is 24.7 Å². The molecule has 0 radical (unpaired) electrons. The molecular weight excluding hydrogens is 375 g/mol. The van der Waals surface area contributed by atoms with Crippen LogP contribution in [0, 0.1) is 5.82 Å². The number of amides is 2. The first-order valence-corrected chi connectivity index (χ1v) is 9.47. The van der Waals surface area contributed by atoms with Crippen LogP contribution in [0.25, 0.3) is 0 Å². The van der Waals surface area contributed by atoms with Crippen molar-refractivity contribution in [2.75, 3.05) is 27.3 Å². The van der Waals surface area contributed by atoms with Gasteiger partial charge in [-0.2, -0.15) is 0 Å². The van der Waals surface area contributed by atoms with E-state index in [2.05, 4.69) is 0 Å². The van der Waals surface area contributed by atoms with E-state index >= 15 is 0 Å². The summed E-state index contributed by atoms with van der Waals surface area (Å²) in [6.45, 7) is 2.13. The maximum Gasteiger partial charge on any atom is 0.245 e. The van der Waals surface area contributed by atoms with Crippen LogP contribution in [0.4, 0.5) is 4.39 Å². The first-order valence-electron chi connectivity index (χ1n) is 9.47. The van der Waals surface area contributed by atoms with E-state index in [4.69, 9.17) is 9.47 Å². The summed E-state index contributed by atoms with van der Waals surface area (Å²) in [5.74, 6) is -0.214. The Hall–Kier alpha value is -3.09. The smallest absolute Gasteiger partial charge is 0.245 e. The van der Waals surface area contributed by atoms with Crippen LogP contribution < -0.4 is 9.47 Å². The molecule has 7 heteroatoms. The molecule has 0 saturated carbocycles. The lowest BCUT2D eigenvalue weighted by Gasteiger charge is -2.39. The largest absolute Gasteiger partial charge is 0.493 e. The van der Waals surface area contributed by atoms with Crippen molar-refractivity contribution in [3.8, 4) is 11.5 Å². The number of carbonyl (C=O) groups excluding carboxylic acids is 2. The van der Waals surface area contributed by atoms with E-state index in [9.17, 15) is 14.0 Å². The summed E-state index contributed by atoms with van der Waals surface area (Å²) in [6, 6.07) is 11.9. The fourth-order valence-electron chi connectivity index (χ4n) is 3.47. The number of nitrogens with zero attached hydrogens (tertiary/aromatic N) is 2. The zero-order chi connectivity index (χ0) is 21.0. The van der Waals surface area contributed by atoms with Gasteiger partial charge in [-0.15, -0.1) is 0 Å². The van der Waals surface area contributed by atoms with Crippen molar-refractivity contribution in [1.29, 1.82) is 0 Å². The average molecular weight is 400 g/mol. The molecule has 1 heterocycles. The first kappa shape index (κ1) is 20.6. The Labute approximate surface area is 169 Å². The van der Waals surface area contributed by atoms with Gasteiger partial charge in [-0.1, -0.05) is 30.3 Å². The van der Waals surface area contributed by atoms with Crippen molar-refractivity contribution in [2.45, 2.75) is 25.9 Å². The van der Waals surface area contributed by atoms with Gasteiger partial charge in [0.1, 0.15) is 11.9 Å². The van der Waals surface area contributed by atoms with Crippen LogP contribution >= 0.6 is 0 Å². The minimum atomic E-state index is -0.667. The van der Waals surface area contributed by atoms with E-state index in [1.165, 1.54) is 31.3 Å². The first-order chi connectivity index (χ1) is 13.9. The van der Waals surface area contributed by atoms with Crippen molar-refractivity contribution in [1.82, 2.24) is 9.80 Å². The normalized spacial score (nSPS) is 16.9. The molecule has 0 unspecified atom stereocenters. The van der Waals surface area contributed by atoms with Gasteiger partial charge in [-0.05, 0) is 25.0 Å². The summed E-state index contributed by atoms with van der Waals surface area (Å²) in [5.41, 5.74) is 1.38. The van der Waals surface area contributed by atoms with Crippen LogP contribution in [-0.4, -0.2) is 55.0 Å². The predicted molar refractivity (Wildman–Crippen MR) is 106 cm³/mol. The molecule has 0 bridgehead atoms. The summed E-state index contributed by atoms with van der Waals surface area (Å²) in [5, 5.41) is 0. The van der Waals surface area contributed by atoms with Gasteiger partial charge in [-0.3, -0.25) is 9.59 Å². The molecule has 29 heavy (non-hydrogen) atoms. The van der Waals surface area contributed by atoms with Crippen molar-refractivity contribution in [3.63, 3.8) is 0 Å². The summed E-state index contributed by atoms with van der Waals surface area (Å²) in [4.78, 5) is 28.5. The van der Waals surface area contributed by atoms with Crippen LogP contribution in [0.1, 0.15) is 18.1 Å². The van der Waals surface area contributed by atoms with E-state index in [0.29, 0.717) is 18.7 Å². The fraction of sp³-hybridized carbons (Fsp3) is 0.364. The third kappa shape index (κ3) is 4.50. The highest BCUT2D eigenvalue weighted by molar-refractivity contribution is 5.94. The summed E-state index contributed by atoms with van der Waals surface area (Å²) in [6.07, 6.45) is 0.677. The molecule has 0 spiro atoms. The molecule has 1 aliphatic rings. The number of ether oxygens (including phenoxy) is 2. The number of hydrogen-bond donors (Lipinski definition) is 0. The van der Waals surface area contributed by atoms with Gasteiger partial charge in [0.05, 0.1) is 20.8 Å². The highest BCUT2D eigenvalue weighted by Crippen LogP contribution is 2.31. The quantitative estimate of drug-likeness (QED) is 0.717. The lowest BCUT2D eigenvalue weighted by Crippen LogP contribution is -2.58. The minimum absolute atomic E-state index is 0.00901. The van der Waals surface area contributed by atoms with Gasteiger partial charge >= 0.3 is 0 Å². The monoisotopic (exact) mass is 400 g/mol. The lowest BCUT2D eigenvalue weighted by molar-refractivity contribution is -0.155. The number of rotatable bonds is 7. The lowest BCUT2D eigenvalue weighted by atomic mass is 10.1. The van der Waals surface area contributed by atoms with E-state index in [-0.39, 0.29) is 36.2 Å². The molecule has 6 nitrogen and oxygen atoms in total. The zero-order valence-corrected chi connectivity index (χ0v) is 16.9. The summed E-state index contributed by atoms with van der Waals surface area (Å²) in [7, 11) is 2.89. The summed E-state index contributed by atoms with van der Waals surface area (Å²) < 4.78 is 24.8. The van der Waals surface area contributed by atoms with Crippen LogP contribution in [0.2, 0.25) is 0 Å². The molecular formula is C22H25FN2O4. The number of benzene rings is 2. The molecule has 2 aromatic carbocycles. The van der Waals surface area contributed by atoms with Gasteiger partial charge < -0.3 is 19.3 Å². The van der Waals surface area contributed by atoms with Crippen molar-refractivity contribution in [2.24, 2.45) is 0 Å². The van der Waals surface area contributed by atoms with Gasteiger partial charge in [0.15, 0.2) is 11.5 Å². The Balaban J connectivity index is 1.71. The molecule has 2 amide bonds. The maximum absolute atomic E-state index is 14.5. The third-order valence-corrected chi connectivity index (χ3v) is 5.19. The molecule has 3 rings (SSSR count). The molecule has 2 aromatic rings. The predicted octanol–water partition coefficient (Wildman–Crippen LogP) is 2.64. The Kier molecular flexibility index (Phi) is 6.36. The van der Waals surface area contributed by atoms with Gasteiger partial charge in [-0.25, -0.2) is 4.39 Å². The number of methoxy groups -OCH3 is 2. The maximum atomic E-state index is 14.5. The van der Waals surface area contributed by atoms with Crippen LogP contribution in [-0.2, 0) is 22.6 Å². The Morgan fingerprint density at radius 2 is 1.72 bits per heavy atom. The fourth-order valence-corrected chi connectivity index (χ4v) is 3.47. The minimum Gasteiger partial charge on any atom is -0.493 e. The van der Waals surface area contributed by atoms with Gasteiger partial charge in [0.2, 0.25) is 11.8 Å². The number of hydrogen-bond acceptors (Lipinski definition) is 4. The highest BCUT2D eigenvalue weighted by atomic mass is 19.1. The van der Waals surface area contributed by atoms with Gasteiger partial charge in [0.25, 0.3) is 0 Å².